The molecule has 1 aliphatic rings. The van der Waals surface area contributed by atoms with Crippen LogP contribution in [0.4, 0.5) is 0 Å². The fraction of sp³-hybridized carbons (Fsp3) is 0.538. The second-order valence-electron chi connectivity index (χ2n) is 5.52. The number of halogens is 1. The van der Waals surface area contributed by atoms with Crippen molar-refractivity contribution in [2.45, 2.75) is 6.54 Å². The molecule has 1 fully saturated rings. The monoisotopic (exact) mass is 304 g/mol. The SMILES string of the molecule is C[N+]1(C)CCN(Cc2ccccc2)CC1.[O-][Cl+3]([O-])([O-])[O-]. The Kier molecular flexibility index (Phi) is 6.35. The number of quaternary nitrogens is 1. The second-order valence-corrected chi connectivity index (χ2v) is 6.28. The Labute approximate surface area is 121 Å². The molecule has 0 atom stereocenters. The van der Waals surface area contributed by atoms with Crippen LogP contribution in [-0.4, -0.2) is 49.7 Å². The van der Waals surface area contributed by atoms with E-state index in [2.05, 4.69) is 49.3 Å². The summed E-state index contributed by atoms with van der Waals surface area (Å²) in [7, 11) is -0.306. The summed E-state index contributed by atoms with van der Waals surface area (Å²) in [6.07, 6.45) is 0. The summed E-state index contributed by atoms with van der Waals surface area (Å²) in [5, 5.41) is 0. The van der Waals surface area contributed by atoms with Crippen molar-refractivity contribution in [2.75, 3.05) is 40.3 Å². The van der Waals surface area contributed by atoms with Crippen molar-refractivity contribution in [3.8, 4) is 0 Å². The van der Waals surface area contributed by atoms with Gasteiger partial charge >= 0.3 is 0 Å². The molecule has 1 heterocycles. The van der Waals surface area contributed by atoms with Gasteiger partial charge in [-0.15, -0.1) is 10.2 Å². The first-order chi connectivity index (χ1) is 9.16. The summed E-state index contributed by atoms with van der Waals surface area (Å²) in [6.45, 7) is 6.10. The van der Waals surface area contributed by atoms with Crippen LogP contribution in [-0.2, 0) is 6.54 Å². The van der Waals surface area contributed by atoms with E-state index in [1.807, 2.05) is 0 Å². The summed E-state index contributed by atoms with van der Waals surface area (Å²) in [5.74, 6) is 0. The van der Waals surface area contributed by atoms with Crippen LogP contribution in [0.3, 0.4) is 0 Å². The Morgan fingerprint density at radius 1 is 1.00 bits per heavy atom. The summed E-state index contributed by atoms with van der Waals surface area (Å²) in [6, 6.07) is 10.8. The average Bonchev–Trinajstić information content (AvgIpc) is 2.31. The number of benzene rings is 1. The van der Waals surface area contributed by atoms with Crippen molar-refractivity contribution in [1.29, 1.82) is 0 Å². The van der Waals surface area contributed by atoms with Gasteiger partial charge in [0.15, 0.2) is 0 Å². The van der Waals surface area contributed by atoms with E-state index in [4.69, 9.17) is 18.6 Å². The number of likely N-dealkylation sites (N-methyl/N-ethyl adjacent to an activating group) is 1. The third kappa shape index (κ3) is 8.44. The minimum absolute atomic E-state index is 1.11. The van der Waals surface area contributed by atoms with Gasteiger partial charge in [0.25, 0.3) is 0 Å². The van der Waals surface area contributed by atoms with E-state index in [1.54, 1.807) is 0 Å². The highest BCUT2D eigenvalue weighted by molar-refractivity contribution is 5.14. The third-order valence-corrected chi connectivity index (χ3v) is 3.29. The third-order valence-electron chi connectivity index (χ3n) is 3.29. The standard InChI is InChI=1S/C13H21N2.ClHO4/c1-15(2)10-8-14(9-11-15)12-13-6-4-3-5-7-13;2-1(3,4)5/h3-7H,8-12H2,1-2H3;(H,2,3,4,5)/q+1;/p-1. The summed E-state index contributed by atoms with van der Waals surface area (Å²) < 4.78 is 35.1. The molecule has 0 N–H and O–H groups in total. The predicted octanol–water partition coefficient (Wildman–Crippen LogP) is -3.18. The molecule has 2 rings (SSSR count). The molecule has 7 heteroatoms. The molecule has 1 aliphatic heterocycles. The Balaban J connectivity index is 0.000000347. The highest BCUT2D eigenvalue weighted by Crippen LogP contribution is 2.10. The van der Waals surface area contributed by atoms with E-state index in [0.717, 1.165) is 6.54 Å². The van der Waals surface area contributed by atoms with Crippen molar-refractivity contribution < 1.29 is 33.4 Å². The van der Waals surface area contributed by atoms with Gasteiger partial charge in [0.2, 0.25) is 0 Å². The van der Waals surface area contributed by atoms with E-state index < -0.39 is 10.2 Å². The predicted molar refractivity (Wildman–Crippen MR) is 63.6 cm³/mol. The molecule has 20 heavy (non-hydrogen) atoms. The number of hydrogen-bond acceptors (Lipinski definition) is 5. The molecule has 1 aromatic carbocycles. The maximum absolute atomic E-state index is 8.49. The van der Waals surface area contributed by atoms with Crippen LogP contribution in [0.1, 0.15) is 5.56 Å². The molecule has 0 radical (unpaired) electrons. The summed E-state index contributed by atoms with van der Waals surface area (Å²) in [4.78, 5) is 2.55. The van der Waals surface area contributed by atoms with Crippen molar-refractivity contribution in [3.63, 3.8) is 0 Å². The van der Waals surface area contributed by atoms with Gasteiger partial charge < -0.3 is 4.48 Å². The Morgan fingerprint density at radius 3 is 1.90 bits per heavy atom. The van der Waals surface area contributed by atoms with Crippen molar-refractivity contribution in [2.24, 2.45) is 0 Å². The molecular weight excluding hydrogens is 284 g/mol. The number of hydrogen-bond donors (Lipinski definition) is 0. The lowest BCUT2D eigenvalue weighted by Gasteiger charge is -2.39. The van der Waals surface area contributed by atoms with Gasteiger partial charge in [0.05, 0.1) is 27.2 Å². The van der Waals surface area contributed by atoms with Crippen LogP contribution < -0.4 is 18.6 Å². The Morgan fingerprint density at radius 2 is 1.45 bits per heavy atom. The van der Waals surface area contributed by atoms with Gasteiger partial charge in [-0.2, -0.15) is 0 Å². The minimum Gasteiger partial charge on any atom is -0.326 e. The lowest BCUT2D eigenvalue weighted by molar-refractivity contribution is -2.00. The molecule has 0 aliphatic carbocycles. The van der Waals surface area contributed by atoms with E-state index >= 15 is 0 Å². The molecule has 114 valence electrons. The average molecular weight is 305 g/mol. The largest absolute Gasteiger partial charge is 0.326 e. The maximum Gasteiger partial charge on any atom is 0.0912 e. The zero-order valence-electron chi connectivity index (χ0n) is 11.8. The van der Waals surface area contributed by atoms with Crippen LogP contribution in [0.15, 0.2) is 30.3 Å². The second kappa shape index (κ2) is 7.33. The van der Waals surface area contributed by atoms with Gasteiger partial charge in [-0.3, -0.25) is 4.90 Å². The normalized spacial score (nSPS) is 19.1. The van der Waals surface area contributed by atoms with Gasteiger partial charge in [-0.25, -0.2) is 18.6 Å². The zero-order chi connectivity index (χ0) is 15.2. The molecule has 0 aromatic heterocycles. The topological polar surface area (TPSA) is 95.5 Å². The first-order valence-corrected chi connectivity index (χ1v) is 7.59. The fourth-order valence-electron chi connectivity index (χ4n) is 2.05. The molecule has 0 spiro atoms. The Hall–Kier alpha value is -0.730. The van der Waals surface area contributed by atoms with Gasteiger partial charge in [-0.05, 0) is 5.56 Å². The lowest BCUT2D eigenvalue weighted by Crippen LogP contribution is -2.68. The zero-order valence-corrected chi connectivity index (χ0v) is 12.6. The fourth-order valence-corrected chi connectivity index (χ4v) is 2.05. The van der Waals surface area contributed by atoms with E-state index in [1.165, 1.54) is 36.2 Å². The number of piperazine rings is 1. The maximum atomic E-state index is 8.49. The van der Waals surface area contributed by atoms with Gasteiger partial charge in [0.1, 0.15) is 0 Å². The molecular formula is C13H21ClN2O4. The first-order valence-electron chi connectivity index (χ1n) is 6.36. The van der Waals surface area contributed by atoms with E-state index in [0.29, 0.717) is 0 Å². The molecule has 0 bridgehead atoms. The smallest absolute Gasteiger partial charge is 0.0912 e. The van der Waals surface area contributed by atoms with Crippen LogP contribution >= 0.6 is 0 Å². The van der Waals surface area contributed by atoms with Crippen molar-refractivity contribution in [1.82, 2.24) is 4.90 Å². The van der Waals surface area contributed by atoms with Crippen LogP contribution in [0, 0.1) is 10.2 Å². The van der Waals surface area contributed by atoms with E-state index in [-0.39, 0.29) is 0 Å². The van der Waals surface area contributed by atoms with Crippen LogP contribution in [0.25, 0.3) is 0 Å². The molecule has 0 saturated carbocycles. The molecule has 0 amide bonds. The molecule has 1 saturated heterocycles. The number of nitrogens with zero attached hydrogens (tertiary/aromatic N) is 2. The first kappa shape index (κ1) is 17.3. The molecule has 6 nitrogen and oxygen atoms in total. The van der Waals surface area contributed by atoms with Crippen LogP contribution in [0.5, 0.6) is 0 Å². The summed E-state index contributed by atoms with van der Waals surface area (Å²) in [5.41, 5.74) is 1.43. The molecule has 0 unspecified atom stereocenters. The minimum atomic E-state index is -4.94. The number of rotatable bonds is 2. The highest BCUT2D eigenvalue weighted by atomic mass is 35.7. The molecule has 1 aromatic rings. The Bertz CT molecular complexity index is 379. The van der Waals surface area contributed by atoms with Gasteiger partial charge in [0, 0.05) is 19.6 Å². The van der Waals surface area contributed by atoms with E-state index in [9.17, 15) is 0 Å². The van der Waals surface area contributed by atoms with Crippen molar-refractivity contribution >= 4 is 0 Å². The lowest BCUT2D eigenvalue weighted by atomic mass is 10.2. The van der Waals surface area contributed by atoms with Gasteiger partial charge in [-0.1, -0.05) is 30.3 Å². The quantitative estimate of drug-likeness (QED) is 0.537. The summed E-state index contributed by atoms with van der Waals surface area (Å²) >= 11 is 0. The highest BCUT2D eigenvalue weighted by Gasteiger charge is 2.23. The van der Waals surface area contributed by atoms with Crippen LogP contribution in [0.2, 0.25) is 0 Å². The van der Waals surface area contributed by atoms with Crippen molar-refractivity contribution in [3.05, 3.63) is 35.9 Å².